The standard InChI is InChI=1S/C15H20ClNO4S/c1-4-17(12-5-6-22(19,20)9-12)15(18)13-8-11(16)7-10(2)14(13)21-3/h7-8,12H,4-6,9H2,1-3H3. The average Bonchev–Trinajstić information content (AvgIpc) is 2.78. The van der Waals surface area contributed by atoms with Gasteiger partial charge in [-0.2, -0.15) is 0 Å². The number of halogens is 1. The lowest BCUT2D eigenvalue weighted by Crippen LogP contribution is -2.41. The summed E-state index contributed by atoms with van der Waals surface area (Å²) in [6.07, 6.45) is 0.476. The first-order valence-corrected chi connectivity index (χ1v) is 9.34. The summed E-state index contributed by atoms with van der Waals surface area (Å²) in [6, 6.07) is 3.02. The van der Waals surface area contributed by atoms with Gasteiger partial charge < -0.3 is 9.64 Å². The molecule has 0 radical (unpaired) electrons. The van der Waals surface area contributed by atoms with Gasteiger partial charge in [-0.25, -0.2) is 8.42 Å². The zero-order chi connectivity index (χ0) is 16.5. The van der Waals surface area contributed by atoms with Crippen molar-refractivity contribution in [2.75, 3.05) is 25.2 Å². The Morgan fingerprint density at radius 2 is 2.14 bits per heavy atom. The van der Waals surface area contributed by atoms with Gasteiger partial charge in [-0.15, -0.1) is 0 Å². The van der Waals surface area contributed by atoms with Crippen molar-refractivity contribution >= 4 is 27.3 Å². The smallest absolute Gasteiger partial charge is 0.257 e. The molecule has 1 amide bonds. The van der Waals surface area contributed by atoms with Gasteiger partial charge in [-0.05, 0) is 38.0 Å². The second kappa shape index (κ2) is 6.46. The van der Waals surface area contributed by atoms with E-state index < -0.39 is 9.84 Å². The molecule has 22 heavy (non-hydrogen) atoms. The first-order valence-electron chi connectivity index (χ1n) is 7.14. The first kappa shape index (κ1) is 17.1. The molecule has 0 saturated carbocycles. The highest BCUT2D eigenvalue weighted by atomic mass is 35.5. The van der Waals surface area contributed by atoms with Crippen molar-refractivity contribution in [3.05, 3.63) is 28.3 Å². The van der Waals surface area contributed by atoms with E-state index in [2.05, 4.69) is 0 Å². The summed E-state index contributed by atoms with van der Waals surface area (Å²) in [5, 5.41) is 0.455. The maximum Gasteiger partial charge on any atom is 0.257 e. The fourth-order valence-corrected chi connectivity index (χ4v) is 4.91. The molecule has 1 unspecified atom stereocenters. The predicted octanol–water partition coefficient (Wildman–Crippen LogP) is 2.31. The molecule has 0 N–H and O–H groups in total. The number of carbonyl (C=O) groups is 1. The molecule has 1 fully saturated rings. The summed E-state index contributed by atoms with van der Waals surface area (Å²) in [6.45, 7) is 4.10. The number of nitrogens with zero attached hydrogens (tertiary/aromatic N) is 1. The molecule has 1 heterocycles. The van der Waals surface area contributed by atoms with Crippen molar-refractivity contribution in [3.63, 3.8) is 0 Å². The normalized spacial score (nSPS) is 19.9. The fraction of sp³-hybridized carbons (Fsp3) is 0.533. The zero-order valence-electron chi connectivity index (χ0n) is 12.9. The molecular formula is C15H20ClNO4S. The maximum atomic E-state index is 12.9. The molecule has 0 spiro atoms. The number of rotatable bonds is 4. The minimum atomic E-state index is -3.05. The number of ether oxygens (including phenoxy) is 1. The van der Waals surface area contributed by atoms with E-state index in [-0.39, 0.29) is 23.5 Å². The Morgan fingerprint density at radius 1 is 1.45 bits per heavy atom. The van der Waals surface area contributed by atoms with Gasteiger partial charge in [0.25, 0.3) is 5.91 Å². The molecule has 1 aliphatic heterocycles. The molecule has 0 bridgehead atoms. The van der Waals surface area contributed by atoms with Crippen LogP contribution in [0.4, 0.5) is 0 Å². The average molecular weight is 346 g/mol. The summed E-state index contributed by atoms with van der Waals surface area (Å²) in [7, 11) is -1.55. The molecule has 1 aliphatic rings. The van der Waals surface area contributed by atoms with Gasteiger partial charge >= 0.3 is 0 Å². The fourth-order valence-electron chi connectivity index (χ4n) is 2.90. The number of carbonyl (C=O) groups excluding carboxylic acids is 1. The van der Waals surface area contributed by atoms with Crippen molar-refractivity contribution in [3.8, 4) is 5.75 Å². The number of hydrogen-bond acceptors (Lipinski definition) is 4. The van der Waals surface area contributed by atoms with Crippen molar-refractivity contribution < 1.29 is 17.9 Å². The third kappa shape index (κ3) is 3.38. The van der Waals surface area contributed by atoms with E-state index in [1.54, 1.807) is 17.0 Å². The summed E-state index contributed by atoms with van der Waals surface area (Å²) < 4.78 is 28.7. The van der Waals surface area contributed by atoms with Crippen molar-refractivity contribution in [1.29, 1.82) is 0 Å². The van der Waals surface area contributed by atoms with Crippen LogP contribution in [0.15, 0.2) is 12.1 Å². The monoisotopic (exact) mass is 345 g/mol. The minimum absolute atomic E-state index is 0.0223. The predicted molar refractivity (Wildman–Crippen MR) is 86.5 cm³/mol. The van der Waals surface area contributed by atoms with Gasteiger partial charge in [-0.3, -0.25) is 4.79 Å². The second-order valence-electron chi connectivity index (χ2n) is 5.45. The van der Waals surface area contributed by atoms with Crippen LogP contribution in [0.5, 0.6) is 5.75 Å². The second-order valence-corrected chi connectivity index (χ2v) is 8.12. The molecule has 0 aliphatic carbocycles. The third-order valence-electron chi connectivity index (χ3n) is 3.92. The first-order chi connectivity index (χ1) is 10.3. The summed E-state index contributed by atoms with van der Waals surface area (Å²) >= 11 is 6.05. The minimum Gasteiger partial charge on any atom is -0.496 e. The molecule has 0 aromatic heterocycles. The molecule has 5 nitrogen and oxygen atoms in total. The molecule has 1 aromatic carbocycles. The maximum absolute atomic E-state index is 12.9. The molecule has 122 valence electrons. The summed E-state index contributed by atoms with van der Waals surface area (Å²) in [5.74, 6) is 0.391. The van der Waals surface area contributed by atoms with E-state index in [1.807, 2.05) is 13.8 Å². The third-order valence-corrected chi connectivity index (χ3v) is 5.89. The van der Waals surface area contributed by atoms with Crippen LogP contribution in [-0.2, 0) is 9.84 Å². The Hall–Kier alpha value is -1.27. The molecule has 2 rings (SSSR count). The van der Waals surface area contributed by atoms with Crippen molar-refractivity contribution in [2.45, 2.75) is 26.3 Å². The summed E-state index contributed by atoms with van der Waals surface area (Å²) in [5.41, 5.74) is 1.15. The molecule has 1 atom stereocenters. The van der Waals surface area contributed by atoms with Crippen LogP contribution in [0.1, 0.15) is 29.3 Å². The van der Waals surface area contributed by atoms with Gasteiger partial charge in [0.2, 0.25) is 0 Å². The Kier molecular flexibility index (Phi) is 5.02. The highest BCUT2D eigenvalue weighted by Crippen LogP contribution is 2.30. The molecule has 1 saturated heterocycles. The van der Waals surface area contributed by atoms with Crippen LogP contribution in [0, 0.1) is 6.92 Å². The Balaban J connectivity index is 2.37. The largest absolute Gasteiger partial charge is 0.496 e. The Morgan fingerprint density at radius 3 is 2.64 bits per heavy atom. The van der Waals surface area contributed by atoms with E-state index >= 15 is 0 Å². The number of aryl methyl sites for hydroxylation is 1. The van der Waals surface area contributed by atoms with Crippen LogP contribution in [0.2, 0.25) is 5.02 Å². The SMILES string of the molecule is CCN(C(=O)c1cc(Cl)cc(C)c1OC)C1CCS(=O)(=O)C1. The zero-order valence-corrected chi connectivity index (χ0v) is 14.5. The number of benzene rings is 1. The van der Waals surface area contributed by atoms with E-state index in [0.29, 0.717) is 29.3 Å². The van der Waals surface area contributed by atoms with Gasteiger partial charge in [-0.1, -0.05) is 11.6 Å². The van der Waals surface area contributed by atoms with Crippen LogP contribution < -0.4 is 4.74 Å². The van der Waals surface area contributed by atoms with Crippen LogP contribution in [0.25, 0.3) is 0 Å². The van der Waals surface area contributed by atoms with Gasteiger partial charge in [0, 0.05) is 17.6 Å². The highest BCUT2D eigenvalue weighted by molar-refractivity contribution is 7.91. The molecular weight excluding hydrogens is 326 g/mol. The van der Waals surface area contributed by atoms with Crippen molar-refractivity contribution in [2.24, 2.45) is 0 Å². The Bertz CT molecular complexity index is 687. The molecule has 7 heteroatoms. The van der Waals surface area contributed by atoms with E-state index in [4.69, 9.17) is 16.3 Å². The number of sulfone groups is 1. The van der Waals surface area contributed by atoms with Gasteiger partial charge in [0.05, 0.1) is 24.2 Å². The number of hydrogen-bond donors (Lipinski definition) is 0. The summed E-state index contributed by atoms with van der Waals surface area (Å²) in [4.78, 5) is 14.4. The van der Waals surface area contributed by atoms with Crippen molar-refractivity contribution in [1.82, 2.24) is 4.90 Å². The van der Waals surface area contributed by atoms with E-state index in [0.717, 1.165) is 5.56 Å². The van der Waals surface area contributed by atoms with E-state index in [1.165, 1.54) is 7.11 Å². The lowest BCUT2D eigenvalue weighted by Gasteiger charge is -2.28. The number of amides is 1. The van der Waals surface area contributed by atoms with Crippen LogP contribution >= 0.6 is 11.6 Å². The Labute approximate surface area is 136 Å². The lowest BCUT2D eigenvalue weighted by molar-refractivity contribution is 0.0705. The number of methoxy groups -OCH3 is 1. The topological polar surface area (TPSA) is 63.7 Å². The molecule has 1 aromatic rings. The lowest BCUT2D eigenvalue weighted by atomic mass is 10.1. The highest BCUT2D eigenvalue weighted by Gasteiger charge is 2.35. The van der Waals surface area contributed by atoms with E-state index in [9.17, 15) is 13.2 Å². The van der Waals surface area contributed by atoms with Crippen LogP contribution in [0.3, 0.4) is 0 Å². The van der Waals surface area contributed by atoms with Crippen LogP contribution in [-0.4, -0.2) is 50.4 Å². The van der Waals surface area contributed by atoms with Gasteiger partial charge in [0.15, 0.2) is 9.84 Å². The van der Waals surface area contributed by atoms with Gasteiger partial charge in [0.1, 0.15) is 5.75 Å². The quantitative estimate of drug-likeness (QED) is 0.840.